The molecule has 0 aliphatic rings. The number of rotatable bonds is 4. The van der Waals surface area contributed by atoms with Crippen molar-refractivity contribution in [3.8, 4) is 5.75 Å². The summed E-state index contributed by atoms with van der Waals surface area (Å²) in [6, 6.07) is 4.66. The van der Waals surface area contributed by atoms with Crippen molar-refractivity contribution >= 4 is 15.9 Å². The first-order chi connectivity index (χ1) is 6.59. The molecule has 0 radical (unpaired) electrons. The first-order valence-electron chi connectivity index (χ1n) is 4.32. The summed E-state index contributed by atoms with van der Waals surface area (Å²) < 4.78 is 19.2. The second kappa shape index (κ2) is 5.32. The first kappa shape index (κ1) is 11.5. The Morgan fingerprint density at radius 2 is 2.14 bits per heavy atom. The van der Waals surface area contributed by atoms with Crippen LogP contribution in [-0.4, -0.2) is 32.1 Å². The van der Waals surface area contributed by atoms with Crippen LogP contribution < -0.4 is 4.74 Å². The lowest BCUT2D eigenvalue weighted by Crippen LogP contribution is -2.19. The van der Waals surface area contributed by atoms with Gasteiger partial charge in [-0.15, -0.1) is 0 Å². The average Bonchev–Trinajstić information content (AvgIpc) is 2.10. The third-order valence-electron chi connectivity index (χ3n) is 1.69. The maximum absolute atomic E-state index is 13.1. The van der Waals surface area contributed by atoms with Crippen molar-refractivity contribution in [1.29, 1.82) is 0 Å². The average molecular weight is 262 g/mol. The monoisotopic (exact) mass is 261 g/mol. The molecule has 0 saturated heterocycles. The molecule has 1 aromatic rings. The molecule has 0 fully saturated rings. The molecule has 0 atom stereocenters. The Morgan fingerprint density at radius 1 is 1.43 bits per heavy atom. The smallest absolute Gasteiger partial charge is 0.165 e. The van der Waals surface area contributed by atoms with Gasteiger partial charge in [-0.2, -0.15) is 0 Å². The van der Waals surface area contributed by atoms with E-state index in [2.05, 4.69) is 15.9 Å². The lowest BCUT2D eigenvalue weighted by Gasteiger charge is -2.11. The van der Waals surface area contributed by atoms with E-state index in [1.54, 1.807) is 12.1 Å². The summed E-state index contributed by atoms with van der Waals surface area (Å²) >= 11 is 3.26. The molecule has 0 saturated carbocycles. The van der Waals surface area contributed by atoms with Gasteiger partial charge in [-0.1, -0.05) is 15.9 Å². The molecule has 78 valence electrons. The van der Waals surface area contributed by atoms with Gasteiger partial charge in [0.25, 0.3) is 0 Å². The molecule has 0 heterocycles. The zero-order valence-electron chi connectivity index (χ0n) is 8.26. The van der Waals surface area contributed by atoms with Gasteiger partial charge in [0.15, 0.2) is 11.6 Å². The third kappa shape index (κ3) is 3.64. The van der Waals surface area contributed by atoms with Crippen molar-refractivity contribution in [3.63, 3.8) is 0 Å². The fraction of sp³-hybridized carbons (Fsp3) is 0.400. The van der Waals surface area contributed by atoms with Crippen molar-refractivity contribution in [2.75, 3.05) is 27.2 Å². The van der Waals surface area contributed by atoms with Crippen LogP contribution in [0.2, 0.25) is 0 Å². The summed E-state index contributed by atoms with van der Waals surface area (Å²) in [4.78, 5) is 1.98. The van der Waals surface area contributed by atoms with Crippen LogP contribution in [0.25, 0.3) is 0 Å². The molecule has 0 aromatic heterocycles. The highest BCUT2D eigenvalue weighted by atomic mass is 79.9. The number of ether oxygens (including phenoxy) is 1. The van der Waals surface area contributed by atoms with Gasteiger partial charge in [-0.05, 0) is 32.3 Å². The first-order valence-corrected chi connectivity index (χ1v) is 5.11. The van der Waals surface area contributed by atoms with Gasteiger partial charge < -0.3 is 9.64 Å². The standard InChI is InChI=1S/C10H13BrFNO/c1-13(2)5-6-14-10-7-8(11)3-4-9(10)12/h3-4,7H,5-6H2,1-2H3. The highest BCUT2D eigenvalue weighted by Crippen LogP contribution is 2.21. The van der Waals surface area contributed by atoms with Crippen molar-refractivity contribution in [1.82, 2.24) is 4.90 Å². The van der Waals surface area contributed by atoms with Gasteiger partial charge in [0.05, 0.1) is 0 Å². The number of likely N-dealkylation sites (N-methyl/N-ethyl adjacent to an activating group) is 1. The van der Waals surface area contributed by atoms with Crippen LogP contribution in [0.1, 0.15) is 0 Å². The highest BCUT2D eigenvalue weighted by molar-refractivity contribution is 9.10. The molecule has 1 aromatic carbocycles. The molecule has 0 amide bonds. The minimum absolute atomic E-state index is 0.293. The minimum atomic E-state index is -0.327. The highest BCUT2D eigenvalue weighted by Gasteiger charge is 2.03. The van der Waals surface area contributed by atoms with Gasteiger partial charge in [0.2, 0.25) is 0 Å². The van der Waals surface area contributed by atoms with Crippen LogP contribution in [0.5, 0.6) is 5.75 Å². The van der Waals surface area contributed by atoms with Crippen LogP contribution in [0.3, 0.4) is 0 Å². The maximum atomic E-state index is 13.1. The fourth-order valence-electron chi connectivity index (χ4n) is 0.926. The lowest BCUT2D eigenvalue weighted by molar-refractivity contribution is 0.252. The van der Waals surface area contributed by atoms with Crippen LogP contribution in [0.4, 0.5) is 4.39 Å². The van der Waals surface area contributed by atoms with Crippen LogP contribution in [0, 0.1) is 5.82 Å². The van der Waals surface area contributed by atoms with Gasteiger partial charge in [0.1, 0.15) is 6.61 Å². The predicted octanol–water partition coefficient (Wildman–Crippen LogP) is 2.53. The van der Waals surface area contributed by atoms with E-state index in [9.17, 15) is 4.39 Å². The molecule has 0 spiro atoms. The van der Waals surface area contributed by atoms with Gasteiger partial charge in [-0.25, -0.2) is 4.39 Å². The molecule has 0 bridgehead atoms. The molecule has 4 heteroatoms. The molecule has 0 aliphatic heterocycles. The van der Waals surface area contributed by atoms with E-state index in [-0.39, 0.29) is 5.82 Å². The summed E-state index contributed by atoms with van der Waals surface area (Å²) in [6.45, 7) is 1.26. The number of nitrogens with zero attached hydrogens (tertiary/aromatic N) is 1. The topological polar surface area (TPSA) is 12.5 Å². The predicted molar refractivity (Wildman–Crippen MR) is 58.1 cm³/mol. The van der Waals surface area contributed by atoms with E-state index in [0.29, 0.717) is 12.4 Å². The summed E-state index contributed by atoms with van der Waals surface area (Å²) in [5.74, 6) is -0.0341. The fourth-order valence-corrected chi connectivity index (χ4v) is 1.27. The van der Waals surface area contributed by atoms with E-state index in [1.165, 1.54) is 6.07 Å². The molecule has 14 heavy (non-hydrogen) atoms. The summed E-state index contributed by atoms with van der Waals surface area (Å²) in [5.41, 5.74) is 0. The Labute approximate surface area is 91.8 Å². The zero-order valence-corrected chi connectivity index (χ0v) is 9.84. The Morgan fingerprint density at radius 3 is 2.79 bits per heavy atom. The minimum Gasteiger partial charge on any atom is -0.489 e. The Bertz CT molecular complexity index is 304. The molecule has 0 N–H and O–H groups in total. The quantitative estimate of drug-likeness (QED) is 0.826. The molecule has 0 aliphatic carbocycles. The number of hydrogen-bond donors (Lipinski definition) is 0. The molecule has 2 nitrogen and oxygen atoms in total. The summed E-state index contributed by atoms with van der Waals surface area (Å²) in [7, 11) is 3.89. The van der Waals surface area contributed by atoms with Crippen LogP contribution >= 0.6 is 15.9 Å². The summed E-state index contributed by atoms with van der Waals surface area (Å²) in [6.07, 6.45) is 0. The van der Waals surface area contributed by atoms with E-state index >= 15 is 0 Å². The zero-order chi connectivity index (χ0) is 10.6. The number of hydrogen-bond acceptors (Lipinski definition) is 2. The largest absolute Gasteiger partial charge is 0.489 e. The molecule has 1 rings (SSSR count). The van der Waals surface area contributed by atoms with E-state index in [1.807, 2.05) is 19.0 Å². The molecular formula is C10H13BrFNO. The normalized spacial score (nSPS) is 10.6. The SMILES string of the molecule is CN(C)CCOc1cc(Br)ccc1F. The Balaban J connectivity index is 2.53. The Hall–Kier alpha value is -0.610. The van der Waals surface area contributed by atoms with E-state index in [4.69, 9.17) is 4.74 Å². The van der Waals surface area contributed by atoms with Crippen molar-refractivity contribution in [2.45, 2.75) is 0 Å². The van der Waals surface area contributed by atoms with Crippen LogP contribution in [0.15, 0.2) is 22.7 Å². The van der Waals surface area contributed by atoms with Crippen molar-refractivity contribution in [2.24, 2.45) is 0 Å². The Kier molecular flexibility index (Phi) is 4.35. The second-order valence-corrected chi connectivity index (χ2v) is 4.14. The van der Waals surface area contributed by atoms with Gasteiger partial charge >= 0.3 is 0 Å². The van der Waals surface area contributed by atoms with Gasteiger partial charge in [0, 0.05) is 11.0 Å². The molecule has 0 unspecified atom stereocenters. The van der Waals surface area contributed by atoms with Crippen molar-refractivity contribution < 1.29 is 9.13 Å². The lowest BCUT2D eigenvalue weighted by atomic mass is 10.3. The third-order valence-corrected chi connectivity index (χ3v) is 2.18. The van der Waals surface area contributed by atoms with Crippen LogP contribution in [-0.2, 0) is 0 Å². The second-order valence-electron chi connectivity index (χ2n) is 3.23. The molecular weight excluding hydrogens is 249 g/mol. The van der Waals surface area contributed by atoms with Gasteiger partial charge in [-0.3, -0.25) is 0 Å². The van der Waals surface area contributed by atoms with E-state index < -0.39 is 0 Å². The van der Waals surface area contributed by atoms with E-state index in [0.717, 1.165) is 11.0 Å². The number of halogens is 2. The number of benzene rings is 1. The maximum Gasteiger partial charge on any atom is 0.165 e. The summed E-state index contributed by atoms with van der Waals surface area (Å²) in [5, 5.41) is 0. The van der Waals surface area contributed by atoms with Crippen molar-refractivity contribution in [3.05, 3.63) is 28.5 Å².